The number of likely N-dealkylation sites (N-methyl/N-ethyl adjacent to an activating group) is 2. The molecule has 42 heavy (non-hydrogen) atoms. The zero-order valence-electron chi connectivity index (χ0n) is 26.2. The monoisotopic (exact) mass is 564 g/mol. The molecule has 0 saturated heterocycles. The summed E-state index contributed by atoms with van der Waals surface area (Å²) in [7, 11) is 8.50. The van der Waals surface area contributed by atoms with Crippen molar-refractivity contribution in [1.82, 2.24) is 14.5 Å². The Balaban J connectivity index is 1.45. The van der Waals surface area contributed by atoms with E-state index in [4.69, 9.17) is 4.98 Å². The number of fused-ring (bicyclic) bond motifs is 6. The number of aryl methyl sites for hydroxylation is 1. The van der Waals surface area contributed by atoms with E-state index in [1.54, 1.807) is 0 Å². The van der Waals surface area contributed by atoms with Crippen LogP contribution < -0.4 is 4.90 Å². The molecule has 0 spiro atoms. The number of hydrogen-bond acceptors (Lipinski definition) is 3. The lowest BCUT2D eigenvalue weighted by molar-refractivity contribution is -0.883. The number of nitrogens with zero attached hydrogens (tertiary/aromatic N) is 5. The van der Waals surface area contributed by atoms with E-state index in [0.29, 0.717) is 6.54 Å². The van der Waals surface area contributed by atoms with Crippen molar-refractivity contribution in [3.8, 4) is 11.4 Å². The van der Waals surface area contributed by atoms with Gasteiger partial charge >= 0.3 is 0 Å². The Morgan fingerprint density at radius 2 is 1.38 bits per heavy atom. The molecule has 0 fully saturated rings. The fraction of sp³-hybridized carbons (Fsp3) is 0.389. The second-order valence-electron chi connectivity index (χ2n) is 12.3. The Morgan fingerprint density at radius 1 is 0.786 bits per heavy atom. The molecular weight excluding hydrogens is 518 g/mol. The fourth-order valence-electron chi connectivity index (χ4n) is 6.22. The number of rotatable bonds is 12. The van der Waals surface area contributed by atoms with Gasteiger partial charge < -0.3 is 18.8 Å². The third-order valence-corrected chi connectivity index (χ3v) is 8.59. The first-order valence-electron chi connectivity index (χ1n) is 15.4. The Kier molecular flexibility index (Phi) is 8.83. The van der Waals surface area contributed by atoms with E-state index in [1.807, 2.05) is 4.90 Å². The van der Waals surface area contributed by atoms with Crippen LogP contribution in [-0.2, 0) is 11.3 Å². The van der Waals surface area contributed by atoms with E-state index < -0.39 is 0 Å². The topological polar surface area (TPSA) is 41.4 Å². The normalized spacial score (nSPS) is 12.0. The van der Waals surface area contributed by atoms with Crippen molar-refractivity contribution in [2.75, 3.05) is 59.3 Å². The molecule has 5 rings (SSSR count). The summed E-state index contributed by atoms with van der Waals surface area (Å²) < 4.78 is 3.18. The average molecular weight is 565 g/mol. The molecule has 0 aliphatic heterocycles. The third-order valence-electron chi connectivity index (χ3n) is 8.59. The lowest BCUT2D eigenvalue weighted by Crippen LogP contribution is -2.49. The number of benzene rings is 4. The van der Waals surface area contributed by atoms with Crippen molar-refractivity contribution in [2.45, 2.75) is 39.7 Å². The van der Waals surface area contributed by atoms with Crippen molar-refractivity contribution >= 4 is 44.2 Å². The molecule has 1 aromatic heterocycles. The highest BCUT2D eigenvalue weighted by Crippen LogP contribution is 2.37. The first-order chi connectivity index (χ1) is 20.2. The van der Waals surface area contributed by atoms with Crippen LogP contribution in [0.3, 0.4) is 0 Å². The Hall–Kier alpha value is -3.90. The molecule has 1 heterocycles. The van der Waals surface area contributed by atoms with Crippen LogP contribution in [0.2, 0.25) is 0 Å². The summed E-state index contributed by atoms with van der Waals surface area (Å²) in [6.45, 7) is 8.10. The molecule has 6 nitrogen and oxygen atoms in total. The molecule has 4 aromatic carbocycles. The second-order valence-corrected chi connectivity index (χ2v) is 12.3. The van der Waals surface area contributed by atoms with Crippen LogP contribution in [0.15, 0.2) is 72.8 Å². The van der Waals surface area contributed by atoms with E-state index in [2.05, 4.69) is 124 Å². The van der Waals surface area contributed by atoms with E-state index >= 15 is 0 Å². The highest BCUT2D eigenvalue weighted by atomic mass is 16.2. The minimum atomic E-state index is 0.249. The largest absolute Gasteiger partial charge is 0.378 e. The van der Waals surface area contributed by atoms with E-state index in [0.717, 1.165) is 66.8 Å². The summed E-state index contributed by atoms with van der Waals surface area (Å²) in [6, 6.07) is 26.2. The van der Waals surface area contributed by atoms with Gasteiger partial charge in [0, 0.05) is 55.8 Å². The standard InChI is InChI=1S/C36H46N5O/c1-7-39(8-2)33(42)26-41(5,6)25-15-9-14-24-40-35-32-19-13-11-17-30(32)29-16-10-12-18-31(29)34(35)37-36(40)27-20-22-28(23-21-27)38(3)4/h10-13,16-23H,7-9,14-15,24-26H2,1-6H3/q+1. The number of aromatic nitrogens is 2. The van der Waals surface area contributed by atoms with Crippen molar-refractivity contribution in [2.24, 2.45) is 0 Å². The van der Waals surface area contributed by atoms with Crippen molar-refractivity contribution in [1.29, 1.82) is 0 Å². The average Bonchev–Trinajstić information content (AvgIpc) is 3.37. The van der Waals surface area contributed by atoms with Gasteiger partial charge in [0.25, 0.3) is 5.91 Å². The quantitative estimate of drug-likeness (QED) is 0.0915. The zero-order chi connectivity index (χ0) is 29.9. The fourth-order valence-corrected chi connectivity index (χ4v) is 6.22. The number of amides is 1. The van der Waals surface area contributed by atoms with Crippen LogP contribution in [0.25, 0.3) is 44.0 Å². The van der Waals surface area contributed by atoms with E-state index in [1.165, 1.54) is 32.7 Å². The van der Waals surface area contributed by atoms with Crippen LogP contribution >= 0.6 is 0 Å². The number of anilines is 1. The molecule has 5 aromatic rings. The Morgan fingerprint density at radius 3 is 2.00 bits per heavy atom. The molecule has 0 aliphatic rings. The first kappa shape index (κ1) is 29.6. The van der Waals surface area contributed by atoms with Crippen molar-refractivity contribution in [3.05, 3.63) is 72.8 Å². The number of carbonyl (C=O) groups excluding carboxylic acids is 1. The van der Waals surface area contributed by atoms with Crippen LogP contribution in [-0.4, -0.2) is 79.2 Å². The first-order valence-corrected chi connectivity index (χ1v) is 15.4. The van der Waals surface area contributed by atoms with Gasteiger partial charge in [-0.1, -0.05) is 48.5 Å². The summed E-state index contributed by atoms with van der Waals surface area (Å²) in [5, 5.41) is 4.97. The molecule has 6 heteroatoms. The lowest BCUT2D eigenvalue weighted by Gasteiger charge is -2.31. The van der Waals surface area contributed by atoms with Gasteiger partial charge in [0.2, 0.25) is 0 Å². The lowest BCUT2D eigenvalue weighted by atomic mass is 10.00. The third kappa shape index (κ3) is 6.00. The molecular formula is C36H46N5O+. The highest BCUT2D eigenvalue weighted by molar-refractivity contribution is 6.23. The molecule has 0 aliphatic carbocycles. The Bertz CT molecular complexity index is 1680. The molecule has 0 atom stereocenters. The SMILES string of the molecule is CCN(CC)C(=O)C[N+](C)(C)CCCCCn1c(-c2ccc(N(C)C)cc2)nc2c3ccccc3c3ccccc3c21. The molecule has 1 amide bonds. The van der Waals surface area contributed by atoms with Gasteiger partial charge in [0.15, 0.2) is 6.54 Å². The smallest absolute Gasteiger partial charge is 0.277 e. The summed E-state index contributed by atoms with van der Waals surface area (Å²) in [6.07, 6.45) is 3.24. The zero-order valence-corrected chi connectivity index (χ0v) is 26.2. The summed E-state index contributed by atoms with van der Waals surface area (Å²) in [5.41, 5.74) is 4.61. The Labute approximate surface area is 250 Å². The predicted octanol–water partition coefficient (Wildman–Crippen LogP) is 7.19. The van der Waals surface area contributed by atoms with Crippen molar-refractivity contribution in [3.63, 3.8) is 0 Å². The van der Waals surface area contributed by atoms with Crippen LogP contribution in [0.4, 0.5) is 5.69 Å². The molecule has 0 saturated carbocycles. The number of carbonyl (C=O) groups is 1. The summed E-state index contributed by atoms with van der Waals surface area (Å²) >= 11 is 0. The van der Waals surface area contributed by atoms with E-state index in [-0.39, 0.29) is 5.91 Å². The van der Waals surface area contributed by atoms with Gasteiger partial charge in [-0.25, -0.2) is 4.98 Å². The van der Waals surface area contributed by atoms with Gasteiger partial charge in [0.1, 0.15) is 5.82 Å². The highest BCUT2D eigenvalue weighted by Gasteiger charge is 2.23. The van der Waals surface area contributed by atoms with Crippen LogP contribution in [0, 0.1) is 0 Å². The minimum absolute atomic E-state index is 0.249. The van der Waals surface area contributed by atoms with Gasteiger partial charge in [-0.15, -0.1) is 0 Å². The molecule has 0 unspecified atom stereocenters. The van der Waals surface area contributed by atoms with Crippen LogP contribution in [0.5, 0.6) is 0 Å². The maximum absolute atomic E-state index is 12.7. The molecule has 0 bridgehead atoms. The summed E-state index contributed by atoms with van der Waals surface area (Å²) in [4.78, 5) is 22.1. The van der Waals surface area contributed by atoms with Crippen molar-refractivity contribution < 1.29 is 9.28 Å². The van der Waals surface area contributed by atoms with E-state index in [9.17, 15) is 4.79 Å². The summed E-state index contributed by atoms with van der Waals surface area (Å²) in [5.74, 6) is 1.27. The number of quaternary nitrogens is 1. The number of unbranched alkanes of at least 4 members (excludes halogenated alkanes) is 2. The maximum atomic E-state index is 12.7. The predicted molar refractivity (Wildman–Crippen MR) is 178 cm³/mol. The second kappa shape index (κ2) is 12.5. The van der Waals surface area contributed by atoms with Gasteiger partial charge in [-0.2, -0.15) is 0 Å². The van der Waals surface area contributed by atoms with Gasteiger partial charge in [0.05, 0.1) is 31.7 Å². The molecule has 220 valence electrons. The van der Waals surface area contributed by atoms with Gasteiger partial charge in [-0.3, -0.25) is 4.79 Å². The van der Waals surface area contributed by atoms with Gasteiger partial charge in [-0.05, 0) is 68.1 Å². The maximum Gasteiger partial charge on any atom is 0.277 e. The molecule has 0 N–H and O–H groups in total. The number of imidazole rings is 1. The molecule has 0 radical (unpaired) electrons. The minimum Gasteiger partial charge on any atom is -0.378 e. The van der Waals surface area contributed by atoms with Crippen LogP contribution in [0.1, 0.15) is 33.1 Å². The number of hydrogen-bond donors (Lipinski definition) is 0.